The molecule has 4 aromatic rings. The van der Waals surface area contributed by atoms with E-state index in [1.165, 1.54) is 5.56 Å². The molecule has 1 N–H and O–H groups in total. The van der Waals surface area contributed by atoms with Gasteiger partial charge in [-0.1, -0.05) is 36.4 Å². The zero-order valence-corrected chi connectivity index (χ0v) is 17.9. The van der Waals surface area contributed by atoms with Gasteiger partial charge in [0, 0.05) is 17.7 Å². The molecule has 0 spiro atoms. The average Bonchev–Trinajstić information content (AvgIpc) is 3.20. The molecule has 0 aliphatic carbocycles. The van der Waals surface area contributed by atoms with E-state index in [4.69, 9.17) is 4.74 Å². The Morgan fingerprint density at radius 3 is 2.55 bits per heavy atom. The lowest BCUT2D eigenvalue weighted by atomic mass is 10.1. The topological polar surface area (TPSA) is 68.3 Å². The summed E-state index contributed by atoms with van der Waals surface area (Å²) in [6, 6.07) is 23.4. The molecule has 0 aliphatic heterocycles. The quantitative estimate of drug-likeness (QED) is 0.399. The van der Waals surface area contributed by atoms with Gasteiger partial charge in [0.15, 0.2) is 6.61 Å². The molecular formula is C25H22N2O3S. The Labute approximate surface area is 184 Å². The lowest BCUT2D eigenvalue weighted by Crippen LogP contribution is -2.21. The molecule has 0 atom stereocenters. The van der Waals surface area contributed by atoms with E-state index < -0.39 is 0 Å². The first-order chi connectivity index (χ1) is 15.1. The minimum atomic E-state index is -0.388. The van der Waals surface area contributed by atoms with Crippen molar-refractivity contribution in [3.63, 3.8) is 0 Å². The second-order valence-corrected chi connectivity index (χ2v) is 8.29. The van der Waals surface area contributed by atoms with Crippen LogP contribution in [0.3, 0.4) is 0 Å². The monoisotopic (exact) mass is 430 g/mol. The van der Waals surface area contributed by atoms with E-state index in [9.17, 15) is 9.59 Å². The number of anilines is 1. The normalized spacial score (nSPS) is 10.7. The van der Waals surface area contributed by atoms with E-state index in [0.29, 0.717) is 12.1 Å². The summed E-state index contributed by atoms with van der Waals surface area (Å²) in [5.41, 5.74) is 4.89. The molecule has 1 amide bonds. The van der Waals surface area contributed by atoms with E-state index in [2.05, 4.69) is 29.4 Å². The standard InChI is InChI=1S/C25H22N2O3S/c1-17-7-13-21-22(15-17)31-25(27-21)19-9-11-20(12-10-19)26-23(28)16-30-24(29)14-8-18-5-3-2-4-6-18/h2-7,9-13,15H,8,14,16H2,1H3,(H,26,28). The third-order valence-corrected chi connectivity index (χ3v) is 5.85. The van der Waals surface area contributed by atoms with E-state index >= 15 is 0 Å². The summed E-state index contributed by atoms with van der Waals surface area (Å²) in [7, 11) is 0. The maximum Gasteiger partial charge on any atom is 0.306 e. The number of nitrogens with zero attached hydrogens (tertiary/aromatic N) is 1. The smallest absolute Gasteiger partial charge is 0.306 e. The summed E-state index contributed by atoms with van der Waals surface area (Å²) in [6.07, 6.45) is 0.835. The molecule has 0 fully saturated rings. The van der Waals surface area contributed by atoms with Crippen molar-refractivity contribution in [3.05, 3.63) is 83.9 Å². The van der Waals surface area contributed by atoms with Gasteiger partial charge < -0.3 is 10.1 Å². The first kappa shape index (κ1) is 20.8. The molecule has 0 aliphatic rings. The fourth-order valence-corrected chi connectivity index (χ4v) is 4.23. The molecule has 1 heterocycles. The second-order valence-electron chi connectivity index (χ2n) is 7.26. The van der Waals surface area contributed by atoms with Crippen LogP contribution in [0.4, 0.5) is 5.69 Å². The van der Waals surface area contributed by atoms with Gasteiger partial charge in [0.1, 0.15) is 5.01 Å². The molecule has 4 rings (SSSR count). The summed E-state index contributed by atoms with van der Waals surface area (Å²) in [5, 5.41) is 3.69. The highest BCUT2D eigenvalue weighted by atomic mass is 32.1. The number of hydrogen-bond donors (Lipinski definition) is 1. The predicted octanol–water partition coefficient (Wildman–Crippen LogP) is 5.39. The summed E-state index contributed by atoms with van der Waals surface area (Å²) in [6.45, 7) is 1.77. The number of aryl methyl sites for hydroxylation is 2. The number of esters is 1. The number of amides is 1. The largest absolute Gasteiger partial charge is 0.456 e. The number of carbonyl (C=O) groups is 2. The van der Waals surface area contributed by atoms with Crippen LogP contribution < -0.4 is 5.32 Å². The molecule has 0 unspecified atom stereocenters. The van der Waals surface area contributed by atoms with Crippen LogP contribution in [0.2, 0.25) is 0 Å². The molecular weight excluding hydrogens is 408 g/mol. The molecule has 0 bridgehead atoms. The molecule has 0 saturated heterocycles. The van der Waals surface area contributed by atoms with E-state index in [0.717, 1.165) is 26.4 Å². The number of hydrogen-bond acceptors (Lipinski definition) is 5. The van der Waals surface area contributed by atoms with Gasteiger partial charge in [-0.05, 0) is 60.9 Å². The number of ether oxygens (including phenoxy) is 1. The zero-order chi connectivity index (χ0) is 21.6. The Hall–Kier alpha value is -3.51. The lowest BCUT2D eigenvalue weighted by molar-refractivity contribution is -0.147. The van der Waals surface area contributed by atoms with Gasteiger partial charge in [0.25, 0.3) is 5.91 Å². The third kappa shape index (κ3) is 5.55. The van der Waals surface area contributed by atoms with Gasteiger partial charge in [-0.3, -0.25) is 9.59 Å². The van der Waals surface area contributed by atoms with Crippen LogP contribution in [-0.4, -0.2) is 23.5 Å². The Morgan fingerprint density at radius 2 is 1.77 bits per heavy atom. The van der Waals surface area contributed by atoms with Crippen LogP contribution in [0.15, 0.2) is 72.8 Å². The predicted molar refractivity (Wildman–Crippen MR) is 124 cm³/mol. The number of aromatic nitrogens is 1. The number of fused-ring (bicyclic) bond motifs is 1. The zero-order valence-electron chi connectivity index (χ0n) is 17.1. The van der Waals surface area contributed by atoms with Crippen molar-refractivity contribution in [1.29, 1.82) is 0 Å². The number of thiazole rings is 1. The number of nitrogens with one attached hydrogen (secondary N) is 1. The van der Waals surface area contributed by atoms with Gasteiger partial charge in [0.2, 0.25) is 0 Å². The molecule has 31 heavy (non-hydrogen) atoms. The summed E-state index contributed by atoms with van der Waals surface area (Å²) >= 11 is 1.64. The first-order valence-corrected chi connectivity index (χ1v) is 10.9. The van der Waals surface area contributed by atoms with E-state index in [1.807, 2.05) is 60.7 Å². The van der Waals surface area contributed by atoms with Crippen LogP contribution >= 0.6 is 11.3 Å². The fourth-order valence-electron chi connectivity index (χ4n) is 3.16. The Morgan fingerprint density at radius 1 is 1.00 bits per heavy atom. The van der Waals surface area contributed by atoms with E-state index in [1.54, 1.807) is 11.3 Å². The van der Waals surface area contributed by atoms with Crippen molar-refractivity contribution < 1.29 is 14.3 Å². The fraction of sp³-hybridized carbons (Fsp3) is 0.160. The van der Waals surface area contributed by atoms with E-state index in [-0.39, 0.29) is 24.9 Å². The van der Waals surface area contributed by atoms with Gasteiger partial charge in [-0.15, -0.1) is 11.3 Å². The minimum Gasteiger partial charge on any atom is -0.456 e. The first-order valence-electron chi connectivity index (χ1n) is 10.0. The SMILES string of the molecule is Cc1ccc2nc(-c3ccc(NC(=O)COC(=O)CCc4ccccc4)cc3)sc2c1. The van der Waals surface area contributed by atoms with Crippen molar-refractivity contribution in [2.24, 2.45) is 0 Å². The summed E-state index contributed by atoms with van der Waals surface area (Å²) < 4.78 is 6.23. The Kier molecular flexibility index (Phi) is 6.38. The second kappa shape index (κ2) is 9.53. The highest BCUT2D eigenvalue weighted by Crippen LogP contribution is 2.31. The third-order valence-electron chi connectivity index (χ3n) is 4.78. The van der Waals surface area contributed by atoms with Gasteiger partial charge in [0.05, 0.1) is 10.2 Å². The van der Waals surface area contributed by atoms with Crippen molar-refractivity contribution in [3.8, 4) is 10.6 Å². The van der Waals surface area contributed by atoms with Gasteiger partial charge in [-0.2, -0.15) is 0 Å². The molecule has 0 saturated carbocycles. The van der Waals surface area contributed by atoms with Gasteiger partial charge in [-0.25, -0.2) is 4.98 Å². The van der Waals surface area contributed by atoms with Crippen LogP contribution in [0.1, 0.15) is 17.5 Å². The van der Waals surface area contributed by atoms with Crippen molar-refractivity contribution in [2.75, 3.05) is 11.9 Å². The molecule has 0 radical (unpaired) electrons. The average molecular weight is 431 g/mol. The lowest BCUT2D eigenvalue weighted by Gasteiger charge is -2.07. The van der Waals surface area contributed by atoms with Crippen LogP contribution in [-0.2, 0) is 20.7 Å². The number of carbonyl (C=O) groups excluding carboxylic acids is 2. The Balaban J connectivity index is 1.28. The van der Waals surface area contributed by atoms with Crippen molar-refractivity contribution >= 4 is 39.1 Å². The molecule has 5 nitrogen and oxygen atoms in total. The van der Waals surface area contributed by atoms with Gasteiger partial charge >= 0.3 is 5.97 Å². The Bertz CT molecular complexity index is 1200. The maximum atomic E-state index is 12.1. The summed E-state index contributed by atoms with van der Waals surface area (Å²) in [5.74, 6) is -0.753. The van der Waals surface area contributed by atoms with Crippen LogP contribution in [0.5, 0.6) is 0 Å². The maximum absolute atomic E-state index is 12.1. The number of rotatable bonds is 7. The van der Waals surface area contributed by atoms with Crippen molar-refractivity contribution in [1.82, 2.24) is 4.98 Å². The molecule has 3 aromatic carbocycles. The van der Waals surface area contributed by atoms with Crippen LogP contribution in [0, 0.1) is 6.92 Å². The molecule has 6 heteroatoms. The number of benzene rings is 3. The molecule has 156 valence electrons. The minimum absolute atomic E-state index is 0.244. The summed E-state index contributed by atoms with van der Waals surface area (Å²) in [4.78, 5) is 28.6. The van der Waals surface area contributed by atoms with Crippen molar-refractivity contribution in [2.45, 2.75) is 19.8 Å². The highest BCUT2D eigenvalue weighted by Gasteiger charge is 2.10. The molecule has 1 aromatic heterocycles. The highest BCUT2D eigenvalue weighted by molar-refractivity contribution is 7.21. The van der Waals surface area contributed by atoms with Crippen LogP contribution in [0.25, 0.3) is 20.8 Å².